The molecule has 1 aliphatic heterocycles. The lowest BCUT2D eigenvalue weighted by Gasteiger charge is -2.33. The smallest absolute Gasteiger partial charge is 0.307 e. The number of hydrogen-bond donors (Lipinski definition) is 2. The average Bonchev–Trinajstić information content (AvgIpc) is 3.11. The number of rotatable bonds is 8. The fraction of sp³-hybridized carbons (Fsp3) is 0.321. The van der Waals surface area contributed by atoms with E-state index in [1.54, 1.807) is 11.8 Å². The van der Waals surface area contributed by atoms with Crippen LogP contribution in [0.2, 0.25) is 5.02 Å². The van der Waals surface area contributed by atoms with Crippen molar-refractivity contribution in [2.24, 2.45) is 17.8 Å². The minimum atomic E-state index is -0.659. The van der Waals surface area contributed by atoms with Gasteiger partial charge in [-0.05, 0) is 66.3 Å². The Labute approximate surface area is 210 Å². The Bertz CT molecular complexity index is 1120. The van der Waals surface area contributed by atoms with Gasteiger partial charge in [0.1, 0.15) is 0 Å². The highest BCUT2D eigenvalue weighted by Crippen LogP contribution is 2.53. The number of likely N-dealkylation sites (tertiary alicyclic amines) is 1. The molecule has 3 aromatic rings. The van der Waals surface area contributed by atoms with Gasteiger partial charge in [0.25, 0.3) is 0 Å². The van der Waals surface area contributed by atoms with Crippen molar-refractivity contribution in [1.29, 1.82) is 0 Å². The number of nitrogens with zero attached hydrogens (tertiary/aromatic N) is 1. The zero-order valence-electron chi connectivity index (χ0n) is 18.9. The number of para-hydroxylation sites is 1. The zero-order chi connectivity index (χ0) is 23.5. The molecule has 1 saturated carbocycles. The largest absolute Gasteiger partial charge is 0.481 e. The summed E-state index contributed by atoms with van der Waals surface area (Å²) in [5, 5.41) is 14.5. The van der Waals surface area contributed by atoms with E-state index in [4.69, 9.17) is 11.6 Å². The molecule has 4 nitrogen and oxygen atoms in total. The SMILES string of the molecule is O=C(O)[C@@H]1[C@H]2C[C@H](CN(CCNc3ccccc3)C2)[C@H]1c1ccccc1Sc1ccc(Cl)cc1. The van der Waals surface area contributed by atoms with Crippen molar-refractivity contribution < 1.29 is 9.90 Å². The first kappa shape index (κ1) is 23.3. The molecule has 2 aliphatic rings. The summed E-state index contributed by atoms with van der Waals surface area (Å²) < 4.78 is 0. The van der Waals surface area contributed by atoms with Crippen LogP contribution in [0.15, 0.2) is 88.7 Å². The summed E-state index contributed by atoms with van der Waals surface area (Å²) in [6.45, 7) is 3.57. The van der Waals surface area contributed by atoms with Crippen LogP contribution >= 0.6 is 23.4 Å². The van der Waals surface area contributed by atoms with E-state index >= 15 is 0 Å². The molecule has 34 heavy (non-hydrogen) atoms. The van der Waals surface area contributed by atoms with Gasteiger partial charge in [-0.15, -0.1) is 0 Å². The molecular formula is C28H29ClN2O2S. The first-order chi connectivity index (χ1) is 16.6. The normalized spacial score (nSPS) is 24.1. The number of carboxylic acids is 1. The molecule has 2 fully saturated rings. The van der Waals surface area contributed by atoms with E-state index in [2.05, 4.69) is 34.5 Å². The van der Waals surface area contributed by atoms with Crippen molar-refractivity contribution in [2.45, 2.75) is 22.1 Å². The number of halogens is 1. The predicted octanol–water partition coefficient (Wildman–Crippen LogP) is 6.34. The van der Waals surface area contributed by atoms with Crippen LogP contribution in [0, 0.1) is 17.8 Å². The van der Waals surface area contributed by atoms with Crippen LogP contribution in [0.3, 0.4) is 0 Å². The van der Waals surface area contributed by atoms with Crippen molar-refractivity contribution in [3.05, 3.63) is 89.4 Å². The summed E-state index contributed by atoms with van der Waals surface area (Å²) in [6, 6.07) is 26.4. The molecule has 2 bridgehead atoms. The molecule has 0 radical (unpaired) electrons. The van der Waals surface area contributed by atoms with E-state index in [-0.39, 0.29) is 17.8 Å². The van der Waals surface area contributed by atoms with Crippen LogP contribution in [0.5, 0.6) is 0 Å². The summed E-state index contributed by atoms with van der Waals surface area (Å²) in [7, 11) is 0. The second-order valence-corrected chi connectivity index (χ2v) is 10.8. The van der Waals surface area contributed by atoms with Gasteiger partial charge in [0, 0.05) is 52.6 Å². The van der Waals surface area contributed by atoms with Gasteiger partial charge in [0.05, 0.1) is 5.92 Å². The van der Waals surface area contributed by atoms with Crippen molar-refractivity contribution in [3.63, 3.8) is 0 Å². The first-order valence-electron chi connectivity index (χ1n) is 11.8. The third-order valence-electron chi connectivity index (χ3n) is 7.13. The van der Waals surface area contributed by atoms with E-state index in [9.17, 15) is 9.90 Å². The summed E-state index contributed by atoms with van der Waals surface area (Å²) in [6.07, 6.45) is 0.990. The standard InChI is InChI=1S/C28H29ClN2O2S/c29-21-10-12-23(13-11-21)34-25-9-5-4-8-24(25)26-19-16-20(27(26)28(32)33)18-31(17-19)15-14-30-22-6-2-1-3-7-22/h1-13,19-20,26-27,30H,14-18H2,(H,32,33)/t19-,20+,26+,27-/m1/s1. The fourth-order valence-electron chi connectivity index (χ4n) is 5.76. The second kappa shape index (κ2) is 10.4. The van der Waals surface area contributed by atoms with Crippen molar-refractivity contribution >= 4 is 35.0 Å². The maximum atomic E-state index is 12.5. The van der Waals surface area contributed by atoms with Crippen molar-refractivity contribution in [3.8, 4) is 0 Å². The molecule has 4 atom stereocenters. The molecule has 1 heterocycles. The lowest BCUT2D eigenvalue weighted by atomic mass is 9.82. The first-order valence-corrected chi connectivity index (χ1v) is 13.0. The number of anilines is 1. The van der Waals surface area contributed by atoms with Gasteiger partial charge < -0.3 is 15.3 Å². The molecule has 1 saturated heterocycles. The van der Waals surface area contributed by atoms with E-state index in [0.29, 0.717) is 5.92 Å². The zero-order valence-corrected chi connectivity index (χ0v) is 20.5. The number of benzene rings is 3. The maximum Gasteiger partial charge on any atom is 0.307 e. The Hall–Kier alpha value is -2.47. The molecule has 176 valence electrons. The van der Waals surface area contributed by atoms with E-state index < -0.39 is 5.97 Å². The van der Waals surface area contributed by atoms with Gasteiger partial charge >= 0.3 is 5.97 Å². The molecule has 3 aromatic carbocycles. The lowest BCUT2D eigenvalue weighted by molar-refractivity contribution is -0.143. The molecule has 0 aromatic heterocycles. The summed E-state index contributed by atoms with van der Waals surface area (Å²) >= 11 is 7.76. The minimum Gasteiger partial charge on any atom is -0.481 e. The van der Waals surface area contributed by atoms with Gasteiger partial charge in [-0.25, -0.2) is 0 Å². The average molecular weight is 493 g/mol. The molecule has 1 aliphatic carbocycles. The second-order valence-electron chi connectivity index (χ2n) is 9.29. The van der Waals surface area contributed by atoms with Crippen LogP contribution < -0.4 is 5.32 Å². The Morgan fingerprint density at radius 2 is 1.68 bits per heavy atom. The highest BCUT2D eigenvalue weighted by atomic mass is 35.5. The third-order valence-corrected chi connectivity index (χ3v) is 8.48. The van der Waals surface area contributed by atoms with E-state index in [1.807, 2.05) is 54.6 Å². The minimum absolute atomic E-state index is 0.0329. The van der Waals surface area contributed by atoms with E-state index in [1.165, 1.54) is 5.56 Å². The fourth-order valence-corrected chi connectivity index (χ4v) is 6.88. The van der Waals surface area contributed by atoms with E-state index in [0.717, 1.165) is 53.1 Å². The Balaban J connectivity index is 1.34. The Morgan fingerprint density at radius 3 is 2.44 bits per heavy atom. The molecule has 2 N–H and O–H groups in total. The number of nitrogens with one attached hydrogen (secondary N) is 1. The quantitative estimate of drug-likeness (QED) is 0.384. The van der Waals surface area contributed by atoms with Gasteiger partial charge in [-0.1, -0.05) is 59.8 Å². The van der Waals surface area contributed by atoms with Gasteiger partial charge in [-0.3, -0.25) is 4.79 Å². The molecule has 0 unspecified atom stereocenters. The third kappa shape index (κ3) is 5.12. The predicted molar refractivity (Wildman–Crippen MR) is 139 cm³/mol. The Morgan fingerprint density at radius 1 is 0.971 bits per heavy atom. The number of aliphatic carboxylic acids is 1. The number of carboxylic acid groups (broad SMARTS) is 1. The number of fused-ring (bicyclic) bond motifs is 2. The molecular weight excluding hydrogens is 464 g/mol. The van der Waals surface area contributed by atoms with Crippen LogP contribution in [-0.2, 0) is 4.79 Å². The summed E-state index contributed by atoms with van der Waals surface area (Å²) in [4.78, 5) is 17.2. The number of carbonyl (C=O) groups is 1. The van der Waals surface area contributed by atoms with Crippen LogP contribution in [0.1, 0.15) is 17.9 Å². The summed E-state index contributed by atoms with van der Waals surface area (Å²) in [5.74, 6) is -0.433. The Kier molecular flexibility index (Phi) is 7.14. The number of hydrogen-bond acceptors (Lipinski definition) is 4. The van der Waals surface area contributed by atoms with Crippen LogP contribution in [0.25, 0.3) is 0 Å². The molecule has 0 amide bonds. The lowest BCUT2D eigenvalue weighted by Crippen LogP contribution is -2.40. The highest BCUT2D eigenvalue weighted by Gasteiger charge is 2.51. The van der Waals surface area contributed by atoms with Crippen LogP contribution in [0.4, 0.5) is 5.69 Å². The van der Waals surface area contributed by atoms with Gasteiger partial charge in [-0.2, -0.15) is 0 Å². The van der Waals surface area contributed by atoms with Crippen LogP contribution in [-0.4, -0.2) is 42.2 Å². The molecule has 6 heteroatoms. The van der Waals surface area contributed by atoms with Gasteiger partial charge in [0.2, 0.25) is 0 Å². The summed E-state index contributed by atoms with van der Waals surface area (Å²) in [5.41, 5.74) is 2.29. The maximum absolute atomic E-state index is 12.5. The monoisotopic (exact) mass is 492 g/mol. The topological polar surface area (TPSA) is 52.6 Å². The van der Waals surface area contributed by atoms with Crippen molar-refractivity contribution in [2.75, 3.05) is 31.5 Å². The number of piperidine rings is 1. The van der Waals surface area contributed by atoms with Crippen molar-refractivity contribution in [1.82, 2.24) is 4.90 Å². The van der Waals surface area contributed by atoms with Gasteiger partial charge in [0.15, 0.2) is 0 Å². The highest BCUT2D eigenvalue weighted by molar-refractivity contribution is 7.99. The molecule has 5 rings (SSSR count). The molecule has 0 spiro atoms.